The molecule has 0 radical (unpaired) electrons. The molecular weight excluding hydrogens is 252 g/mol. The van der Waals surface area contributed by atoms with E-state index in [0.717, 1.165) is 11.3 Å². The molecular formula is C6H8N6O2S2. The van der Waals surface area contributed by atoms with E-state index in [9.17, 15) is 8.42 Å². The van der Waals surface area contributed by atoms with Gasteiger partial charge in [-0.1, -0.05) is 11.3 Å². The molecule has 8 nitrogen and oxygen atoms in total. The van der Waals surface area contributed by atoms with E-state index in [4.69, 9.17) is 5.73 Å². The first-order chi connectivity index (χ1) is 7.47. The van der Waals surface area contributed by atoms with Gasteiger partial charge in [0.05, 0.1) is 11.9 Å². The average molecular weight is 260 g/mol. The highest BCUT2D eigenvalue weighted by molar-refractivity contribution is 7.94. The molecule has 0 fully saturated rings. The maximum absolute atomic E-state index is 11.7. The minimum absolute atomic E-state index is 0.103. The van der Waals surface area contributed by atoms with Gasteiger partial charge in [-0.3, -0.25) is 9.40 Å². The van der Waals surface area contributed by atoms with Crippen molar-refractivity contribution < 1.29 is 8.42 Å². The fraction of sp³-hybridized carbons (Fsp3) is 0.167. The van der Waals surface area contributed by atoms with Crippen molar-refractivity contribution in [1.29, 1.82) is 0 Å². The van der Waals surface area contributed by atoms with Gasteiger partial charge in [-0.25, -0.2) is 0 Å². The van der Waals surface area contributed by atoms with Gasteiger partial charge in [-0.05, 0) is 0 Å². The molecule has 2 aromatic heterocycles. The quantitative estimate of drug-likeness (QED) is 0.779. The zero-order chi connectivity index (χ0) is 11.8. The molecule has 2 heterocycles. The van der Waals surface area contributed by atoms with E-state index >= 15 is 0 Å². The molecule has 0 bridgehead atoms. The molecule has 0 aliphatic carbocycles. The Morgan fingerprint density at radius 1 is 1.50 bits per heavy atom. The largest absolute Gasteiger partial charge is 0.374 e. The molecule has 0 aliphatic rings. The van der Waals surface area contributed by atoms with Gasteiger partial charge in [0.1, 0.15) is 0 Å². The Kier molecular flexibility index (Phi) is 2.52. The van der Waals surface area contributed by atoms with Crippen LogP contribution in [0, 0.1) is 0 Å². The van der Waals surface area contributed by atoms with Crippen LogP contribution in [0.3, 0.4) is 0 Å². The standard InChI is InChI=1S/C6H8N6O2S2/c1-12-3-4(2-8-12)11-16(13,14)6-10-9-5(7)15-6/h2-3,11H,1H3,(H2,7,9). The second kappa shape index (κ2) is 3.72. The molecule has 0 spiro atoms. The molecule has 2 aromatic rings. The van der Waals surface area contributed by atoms with Crippen molar-refractivity contribution in [1.82, 2.24) is 20.0 Å². The summed E-state index contributed by atoms with van der Waals surface area (Å²) in [7, 11) is -2.04. The molecule has 0 saturated heterocycles. The van der Waals surface area contributed by atoms with Crippen LogP contribution in [-0.2, 0) is 17.1 Å². The van der Waals surface area contributed by atoms with Crippen molar-refractivity contribution in [3.05, 3.63) is 12.4 Å². The summed E-state index contributed by atoms with van der Waals surface area (Å²) in [6.07, 6.45) is 2.92. The maximum Gasteiger partial charge on any atom is 0.291 e. The normalized spacial score (nSPS) is 11.6. The smallest absolute Gasteiger partial charge is 0.291 e. The number of rotatable bonds is 3. The molecule has 0 aliphatic heterocycles. The molecule has 0 unspecified atom stereocenters. The zero-order valence-corrected chi connectivity index (χ0v) is 9.79. The summed E-state index contributed by atoms with van der Waals surface area (Å²) in [6.45, 7) is 0. The number of aryl methyl sites for hydroxylation is 1. The van der Waals surface area contributed by atoms with Crippen LogP contribution in [-0.4, -0.2) is 28.4 Å². The number of sulfonamides is 1. The Morgan fingerprint density at radius 3 is 2.75 bits per heavy atom. The molecule has 2 rings (SSSR count). The number of hydrogen-bond acceptors (Lipinski definition) is 7. The third-order valence-electron chi connectivity index (χ3n) is 1.61. The lowest BCUT2D eigenvalue weighted by Crippen LogP contribution is -2.12. The van der Waals surface area contributed by atoms with Crippen molar-refractivity contribution in [3.8, 4) is 0 Å². The summed E-state index contributed by atoms with van der Waals surface area (Å²) in [5.41, 5.74) is 5.67. The summed E-state index contributed by atoms with van der Waals surface area (Å²) >= 11 is 0.799. The average Bonchev–Trinajstić information content (AvgIpc) is 2.75. The minimum atomic E-state index is -3.72. The van der Waals surface area contributed by atoms with E-state index < -0.39 is 10.0 Å². The molecule has 0 amide bonds. The number of hydrogen-bond donors (Lipinski definition) is 2. The van der Waals surface area contributed by atoms with Gasteiger partial charge >= 0.3 is 0 Å². The second-order valence-electron chi connectivity index (χ2n) is 2.91. The Labute approximate surface area is 95.2 Å². The maximum atomic E-state index is 11.7. The van der Waals surface area contributed by atoms with Crippen LogP contribution in [0.5, 0.6) is 0 Å². The Bertz CT molecular complexity index is 600. The number of nitrogen functional groups attached to an aromatic ring is 1. The first kappa shape index (κ1) is 10.8. The van der Waals surface area contributed by atoms with Crippen LogP contribution >= 0.6 is 11.3 Å². The fourth-order valence-electron chi connectivity index (χ4n) is 1.00. The first-order valence-corrected chi connectivity index (χ1v) is 6.38. The summed E-state index contributed by atoms with van der Waals surface area (Å²) < 4.78 is 27.1. The summed E-state index contributed by atoms with van der Waals surface area (Å²) in [4.78, 5) is 0. The lowest BCUT2D eigenvalue weighted by molar-refractivity contribution is 0.599. The van der Waals surface area contributed by atoms with Crippen molar-refractivity contribution in [2.75, 3.05) is 10.5 Å². The Morgan fingerprint density at radius 2 is 2.25 bits per heavy atom. The third-order valence-corrected chi connectivity index (χ3v) is 4.11. The van der Waals surface area contributed by atoms with E-state index in [2.05, 4.69) is 20.0 Å². The molecule has 0 aromatic carbocycles. The molecule has 10 heteroatoms. The monoisotopic (exact) mass is 260 g/mol. The van der Waals surface area contributed by atoms with Crippen molar-refractivity contribution in [2.24, 2.45) is 7.05 Å². The molecule has 3 N–H and O–H groups in total. The summed E-state index contributed by atoms with van der Waals surface area (Å²) in [6, 6.07) is 0. The highest BCUT2D eigenvalue weighted by Crippen LogP contribution is 2.19. The highest BCUT2D eigenvalue weighted by Gasteiger charge is 2.20. The fourth-order valence-corrected chi connectivity index (χ4v) is 2.82. The molecule has 86 valence electrons. The van der Waals surface area contributed by atoms with Gasteiger partial charge in [-0.15, -0.1) is 10.2 Å². The van der Waals surface area contributed by atoms with E-state index in [1.165, 1.54) is 17.1 Å². The molecule has 0 saturated carbocycles. The van der Waals surface area contributed by atoms with E-state index in [1.54, 1.807) is 7.05 Å². The number of nitrogens with one attached hydrogen (secondary N) is 1. The Balaban J connectivity index is 2.27. The van der Waals surface area contributed by atoms with E-state index in [-0.39, 0.29) is 9.47 Å². The van der Waals surface area contributed by atoms with Crippen LogP contribution in [0.25, 0.3) is 0 Å². The predicted molar refractivity (Wildman–Crippen MR) is 58.3 cm³/mol. The molecule has 0 atom stereocenters. The lowest BCUT2D eigenvalue weighted by Gasteiger charge is -2.00. The Hall–Kier alpha value is -1.68. The van der Waals surface area contributed by atoms with Gasteiger partial charge in [-0.2, -0.15) is 13.5 Å². The SMILES string of the molecule is Cn1cc(NS(=O)(=O)c2nnc(N)s2)cn1. The van der Waals surface area contributed by atoms with Crippen molar-refractivity contribution in [2.45, 2.75) is 4.34 Å². The van der Waals surface area contributed by atoms with Crippen LogP contribution in [0.2, 0.25) is 0 Å². The van der Waals surface area contributed by atoms with E-state index in [1.807, 2.05) is 0 Å². The topological polar surface area (TPSA) is 116 Å². The number of aromatic nitrogens is 4. The third kappa shape index (κ3) is 2.12. The second-order valence-corrected chi connectivity index (χ2v) is 5.78. The number of anilines is 2. The number of nitrogens with two attached hydrogens (primary N) is 1. The van der Waals surface area contributed by atoms with Crippen LogP contribution in [0.4, 0.5) is 10.8 Å². The first-order valence-electron chi connectivity index (χ1n) is 4.08. The number of nitrogens with zero attached hydrogens (tertiary/aromatic N) is 4. The van der Waals surface area contributed by atoms with Crippen LogP contribution in [0.1, 0.15) is 0 Å². The van der Waals surface area contributed by atoms with Crippen LogP contribution in [0.15, 0.2) is 16.7 Å². The van der Waals surface area contributed by atoms with Crippen molar-refractivity contribution >= 4 is 32.2 Å². The highest BCUT2D eigenvalue weighted by atomic mass is 32.2. The molecule has 16 heavy (non-hydrogen) atoms. The lowest BCUT2D eigenvalue weighted by atomic mass is 10.6. The van der Waals surface area contributed by atoms with Crippen molar-refractivity contribution in [3.63, 3.8) is 0 Å². The minimum Gasteiger partial charge on any atom is -0.374 e. The van der Waals surface area contributed by atoms with Crippen LogP contribution < -0.4 is 10.5 Å². The van der Waals surface area contributed by atoms with Gasteiger partial charge in [0.25, 0.3) is 14.4 Å². The predicted octanol–water partition coefficient (Wildman–Crippen LogP) is -0.345. The summed E-state index contributed by atoms with van der Waals surface area (Å²) in [5, 5.41) is 10.8. The van der Waals surface area contributed by atoms with Gasteiger partial charge in [0.15, 0.2) is 0 Å². The van der Waals surface area contributed by atoms with Gasteiger partial charge < -0.3 is 5.73 Å². The zero-order valence-electron chi connectivity index (χ0n) is 8.15. The van der Waals surface area contributed by atoms with Gasteiger partial charge in [0, 0.05) is 13.2 Å². The summed E-state index contributed by atoms with van der Waals surface area (Å²) in [5.74, 6) is 0. The van der Waals surface area contributed by atoms with E-state index in [0.29, 0.717) is 5.69 Å². The van der Waals surface area contributed by atoms with Gasteiger partial charge in [0.2, 0.25) is 5.13 Å².